The minimum atomic E-state index is 0.306. The van der Waals surface area contributed by atoms with Crippen LogP contribution in [0.4, 0.5) is 0 Å². The van der Waals surface area contributed by atoms with Crippen molar-refractivity contribution in [3.63, 3.8) is 0 Å². The van der Waals surface area contributed by atoms with Gasteiger partial charge in [-0.25, -0.2) is 0 Å². The van der Waals surface area contributed by atoms with Crippen LogP contribution in [-0.4, -0.2) is 19.7 Å². The minimum absolute atomic E-state index is 0.306. The number of benzene rings is 1. The van der Waals surface area contributed by atoms with Crippen LogP contribution in [0.2, 0.25) is 0 Å². The third-order valence-corrected chi connectivity index (χ3v) is 4.16. The smallest absolute Gasteiger partial charge is 0.122 e. The predicted molar refractivity (Wildman–Crippen MR) is 81.1 cm³/mol. The van der Waals surface area contributed by atoms with E-state index in [9.17, 15) is 0 Å². The van der Waals surface area contributed by atoms with E-state index in [0.29, 0.717) is 17.4 Å². The average molecular weight is 261 g/mol. The van der Waals surface area contributed by atoms with Gasteiger partial charge < -0.3 is 10.1 Å². The summed E-state index contributed by atoms with van der Waals surface area (Å²) in [5, 5.41) is 3.59. The van der Waals surface area contributed by atoms with Crippen molar-refractivity contribution in [3.8, 4) is 5.75 Å². The summed E-state index contributed by atoms with van der Waals surface area (Å²) in [6.07, 6.45) is 2.54. The molecular weight excluding hydrogens is 234 g/mol. The molecule has 0 bridgehead atoms. The van der Waals surface area contributed by atoms with Crippen molar-refractivity contribution in [3.05, 3.63) is 29.3 Å². The fourth-order valence-corrected chi connectivity index (χ4v) is 2.59. The quantitative estimate of drug-likeness (QED) is 0.840. The molecule has 106 valence electrons. The van der Waals surface area contributed by atoms with Crippen LogP contribution in [-0.2, 0) is 5.41 Å². The van der Waals surface area contributed by atoms with Crippen LogP contribution in [0.15, 0.2) is 18.2 Å². The van der Waals surface area contributed by atoms with Crippen LogP contribution in [0.3, 0.4) is 0 Å². The molecule has 0 heterocycles. The highest BCUT2D eigenvalue weighted by Crippen LogP contribution is 2.51. The Bertz CT molecular complexity index is 433. The van der Waals surface area contributed by atoms with Gasteiger partial charge in [-0.15, -0.1) is 0 Å². The Morgan fingerprint density at radius 1 is 1.21 bits per heavy atom. The summed E-state index contributed by atoms with van der Waals surface area (Å²) in [4.78, 5) is 0. The van der Waals surface area contributed by atoms with Crippen molar-refractivity contribution in [1.82, 2.24) is 5.32 Å². The van der Waals surface area contributed by atoms with E-state index in [2.05, 4.69) is 51.2 Å². The van der Waals surface area contributed by atoms with Crippen molar-refractivity contribution >= 4 is 0 Å². The van der Waals surface area contributed by atoms with E-state index in [1.165, 1.54) is 24.0 Å². The number of hydrogen-bond donors (Lipinski definition) is 1. The largest absolute Gasteiger partial charge is 0.496 e. The lowest BCUT2D eigenvalue weighted by Gasteiger charge is -2.22. The molecule has 0 unspecified atom stereocenters. The Morgan fingerprint density at radius 2 is 1.89 bits per heavy atom. The zero-order valence-corrected chi connectivity index (χ0v) is 12.9. The van der Waals surface area contributed by atoms with Crippen LogP contribution in [0.25, 0.3) is 0 Å². The van der Waals surface area contributed by atoms with Crippen LogP contribution in [0.5, 0.6) is 5.75 Å². The summed E-state index contributed by atoms with van der Waals surface area (Å²) < 4.78 is 5.59. The fourth-order valence-electron chi connectivity index (χ4n) is 2.59. The molecule has 0 atom stereocenters. The number of hydrogen-bond acceptors (Lipinski definition) is 2. The molecule has 1 N–H and O–H groups in total. The minimum Gasteiger partial charge on any atom is -0.496 e. The standard InChI is InChI=1S/C17H27NO/c1-12(2)14-6-7-16(19-5)15(10-14)17(8-9-17)11-18-13(3)4/h6-7,10,12-13,18H,8-9,11H2,1-5H3. The zero-order valence-electron chi connectivity index (χ0n) is 12.9. The first kappa shape index (κ1) is 14.4. The monoisotopic (exact) mass is 261 g/mol. The Morgan fingerprint density at radius 3 is 2.37 bits per heavy atom. The van der Waals surface area contributed by atoms with Gasteiger partial charge in [0.25, 0.3) is 0 Å². The van der Waals surface area contributed by atoms with E-state index in [4.69, 9.17) is 4.74 Å². The van der Waals surface area contributed by atoms with Gasteiger partial charge in [-0.05, 0) is 30.4 Å². The normalized spacial score (nSPS) is 17.0. The molecule has 1 aliphatic rings. The Kier molecular flexibility index (Phi) is 4.19. The first-order chi connectivity index (χ1) is 8.98. The highest BCUT2D eigenvalue weighted by Gasteiger charge is 2.45. The molecule has 1 aliphatic carbocycles. The lowest BCUT2D eigenvalue weighted by molar-refractivity contribution is 0.399. The van der Waals surface area contributed by atoms with Gasteiger partial charge in [0.05, 0.1) is 7.11 Å². The zero-order chi connectivity index (χ0) is 14.0. The second kappa shape index (κ2) is 5.54. The molecule has 0 aliphatic heterocycles. The van der Waals surface area contributed by atoms with E-state index < -0.39 is 0 Å². The van der Waals surface area contributed by atoms with Gasteiger partial charge in [0.2, 0.25) is 0 Å². The molecule has 0 aromatic heterocycles. The molecule has 0 spiro atoms. The molecule has 1 fully saturated rings. The van der Waals surface area contributed by atoms with Gasteiger partial charge in [-0.2, -0.15) is 0 Å². The number of ether oxygens (including phenoxy) is 1. The maximum absolute atomic E-state index is 5.59. The molecular formula is C17H27NO. The van der Waals surface area contributed by atoms with Crippen LogP contribution in [0, 0.1) is 0 Å². The Hall–Kier alpha value is -1.02. The molecule has 2 nitrogen and oxygen atoms in total. The third kappa shape index (κ3) is 3.11. The van der Waals surface area contributed by atoms with Crippen LogP contribution in [0.1, 0.15) is 57.6 Å². The van der Waals surface area contributed by atoms with Crippen molar-refractivity contribution in [2.75, 3.05) is 13.7 Å². The maximum atomic E-state index is 5.59. The highest BCUT2D eigenvalue weighted by molar-refractivity contribution is 5.46. The first-order valence-electron chi connectivity index (χ1n) is 7.40. The second-order valence-electron chi connectivity index (χ2n) is 6.43. The summed E-state index contributed by atoms with van der Waals surface area (Å²) in [7, 11) is 1.78. The second-order valence-corrected chi connectivity index (χ2v) is 6.43. The van der Waals surface area contributed by atoms with Gasteiger partial charge in [-0.3, -0.25) is 0 Å². The number of rotatable bonds is 6. The van der Waals surface area contributed by atoms with Gasteiger partial charge in [-0.1, -0.05) is 39.8 Å². The van der Waals surface area contributed by atoms with Crippen molar-refractivity contribution in [2.45, 2.75) is 57.9 Å². The Labute approximate surface area is 117 Å². The maximum Gasteiger partial charge on any atom is 0.122 e. The van der Waals surface area contributed by atoms with Crippen molar-refractivity contribution in [2.24, 2.45) is 0 Å². The molecule has 19 heavy (non-hydrogen) atoms. The van der Waals surface area contributed by atoms with Gasteiger partial charge >= 0.3 is 0 Å². The van der Waals surface area contributed by atoms with E-state index in [1.54, 1.807) is 7.11 Å². The molecule has 1 saturated carbocycles. The van der Waals surface area contributed by atoms with E-state index in [0.717, 1.165) is 12.3 Å². The van der Waals surface area contributed by atoms with Crippen LogP contribution < -0.4 is 10.1 Å². The highest BCUT2D eigenvalue weighted by atomic mass is 16.5. The molecule has 2 rings (SSSR count). The van der Waals surface area contributed by atoms with E-state index in [-0.39, 0.29) is 0 Å². The lowest BCUT2D eigenvalue weighted by Crippen LogP contribution is -2.32. The van der Waals surface area contributed by atoms with E-state index in [1.807, 2.05) is 0 Å². The lowest BCUT2D eigenvalue weighted by atomic mass is 9.90. The summed E-state index contributed by atoms with van der Waals surface area (Å²) in [6, 6.07) is 7.23. The van der Waals surface area contributed by atoms with Crippen molar-refractivity contribution < 1.29 is 4.74 Å². The van der Waals surface area contributed by atoms with E-state index >= 15 is 0 Å². The topological polar surface area (TPSA) is 21.3 Å². The predicted octanol–water partition coefficient (Wildman–Crippen LogP) is 3.85. The average Bonchev–Trinajstić information content (AvgIpc) is 3.16. The third-order valence-electron chi connectivity index (χ3n) is 4.16. The van der Waals surface area contributed by atoms with Gasteiger partial charge in [0.15, 0.2) is 0 Å². The van der Waals surface area contributed by atoms with Crippen LogP contribution >= 0.6 is 0 Å². The first-order valence-corrected chi connectivity index (χ1v) is 7.40. The van der Waals surface area contributed by atoms with Crippen molar-refractivity contribution in [1.29, 1.82) is 0 Å². The van der Waals surface area contributed by atoms with Gasteiger partial charge in [0.1, 0.15) is 5.75 Å². The van der Waals surface area contributed by atoms with Gasteiger partial charge in [0, 0.05) is 23.6 Å². The summed E-state index contributed by atoms with van der Waals surface area (Å²) in [6.45, 7) is 9.97. The summed E-state index contributed by atoms with van der Waals surface area (Å²) >= 11 is 0. The molecule has 0 radical (unpaired) electrons. The SMILES string of the molecule is COc1ccc(C(C)C)cc1C1(CNC(C)C)CC1. The molecule has 1 aromatic carbocycles. The molecule has 0 saturated heterocycles. The molecule has 1 aromatic rings. The molecule has 0 amide bonds. The summed E-state index contributed by atoms with van der Waals surface area (Å²) in [5.74, 6) is 1.62. The fraction of sp³-hybridized carbons (Fsp3) is 0.647. The summed E-state index contributed by atoms with van der Waals surface area (Å²) in [5.41, 5.74) is 3.11. The Balaban J connectivity index is 2.29. The number of methoxy groups -OCH3 is 1. The number of nitrogens with one attached hydrogen (secondary N) is 1. The molecule has 2 heteroatoms.